The van der Waals surface area contributed by atoms with E-state index in [1.807, 2.05) is 6.92 Å². The summed E-state index contributed by atoms with van der Waals surface area (Å²) in [6.07, 6.45) is 1.37. The molecule has 0 spiro atoms. The van der Waals surface area contributed by atoms with Crippen molar-refractivity contribution in [2.24, 2.45) is 11.3 Å². The van der Waals surface area contributed by atoms with Gasteiger partial charge in [0.25, 0.3) is 0 Å². The molecular weight excluding hydrogens is 244 g/mol. The molecule has 106 valence electrons. The molecule has 0 heterocycles. The summed E-state index contributed by atoms with van der Waals surface area (Å²) in [5, 5.41) is 28.7. The Labute approximate surface area is 113 Å². The van der Waals surface area contributed by atoms with Gasteiger partial charge in [0.2, 0.25) is 0 Å². The summed E-state index contributed by atoms with van der Waals surface area (Å²) in [4.78, 5) is 11.0. The second-order valence-electron chi connectivity index (χ2n) is 6.34. The fourth-order valence-corrected chi connectivity index (χ4v) is 2.47. The maximum atomic E-state index is 11.0. The van der Waals surface area contributed by atoms with Crippen LogP contribution in [-0.4, -0.2) is 21.3 Å². The van der Waals surface area contributed by atoms with Crippen molar-refractivity contribution >= 4 is 5.97 Å². The first-order chi connectivity index (χ1) is 8.61. The predicted octanol–water partition coefficient (Wildman–Crippen LogP) is 3.41. The SMILES string of the molecule is CC(Cc1c(O)ccc(C(=O)O)c1O)CC(C)(C)C. The van der Waals surface area contributed by atoms with E-state index in [4.69, 9.17) is 5.11 Å². The summed E-state index contributed by atoms with van der Waals surface area (Å²) in [5.41, 5.74) is 0.294. The van der Waals surface area contributed by atoms with Gasteiger partial charge in [0.15, 0.2) is 0 Å². The minimum Gasteiger partial charge on any atom is -0.508 e. The lowest BCUT2D eigenvalue weighted by Crippen LogP contribution is -2.13. The molecular formula is C15H22O4. The molecule has 1 unspecified atom stereocenters. The number of aromatic hydroxyl groups is 2. The molecule has 3 N–H and O–H groups in total. The zero-order valence-electron chi connectivity index (χ0n) is 11.9. The Kier molecular flexibility index (Phi) is 4.45. The van der Waals surface area contributed by atoms with Gasteiger partial charge in [0, 0.05) is 5.56 Å². The van der Waals surface area contributed by atoms with Crippen LogP contribution in [0.4, 0.5) is 0 Å². The number of phenols is 2. The van der Waals surface area contributed by atoms with Crippen LogP contribution in [0.3, 0.4) is 0 Å². The highest BCUT2D eigenvalue weighted by molar-refractivity contribution is 5.91. The minimum atomic E-state index is -1.19. The number of benzene rings is 1. The number of carboxylic acids is 1. The third-order valence-electron chi connectivity index (χ3n) is 3.00. The third-order valence-corrected chi connectivity index (χ3v) is 3.00. The van der Waals surface area contributed by atoms with E-state index in [2.05, 4.69) is 20.8 Å². The number of hydrogen-bond donors (Lipinski definition) is 3. The molecule has 4 heteroatoms. The number of carbonyl (C=O) groups is 1. The highest BCUT2D eigenvalue weighted by atomic mass is 16.4. The number of aromatic carboxylic acids is 1. The zero-order valence-corrected chi connectivity index (χ0v) is 11.9. The molecule has 1 aromatic rings. The van der Waals surface area contributed by atoms with E-state index in [0.29, 0.717) is 12.0 Å². The molecule has 19 heavy (non-hydrogen) atoms. The first kappa shape index (κ1) is 15.3. The van der Waals surface area contributed by atoms with Crippen molar-refractivity contribution in [1.82, 2.24) is 0 Å². The van der Waals surface area contributed by atoms with E-state index < -0.39 is 5.97 Å². The van der Waals surface area contributed by atoms with Crippen molar-refractivity contribution in [2.75, 3.05) is 0 Å². The average molecular weight is 266 g/mol. The topological polar surface area (TPSA) is 77.8 Å². The van der Waals surface area contributed by atoms with E-state index in [1.165, 1.54) is 12.1 Å². The quantitative estimate of drug-likeness (QED) is 0.780. The van der Waals surface area contributed by atoms with Gasteiger partial charge in [-0.2, -0.15) is 0 Å². The van der Waals surface area contributed by atoms with Crippen molar-refractivity contribution in [2.45, 2.75) is 40.5 Å². The maximum Gasteiger partial charge on any atom is 0.339 e. The van der Waals surface area contributed by atoms with Gasteiger partial charge in [0.1, 0.15) is 17.1 Å². The van der Waals surface area contributed by atoms with E-state index in [-0.39, 0.29) is 28.4 Å². The van der Waals surface area contributed by atoms with Crippen molar-refractivity contribution < 1.29 is 20.1 Å². The molecule has 0 saturated carbocycles. The van der Waals surface area contributed by atoms with Crippen molar-refractivity contribution in [3.8, 4) is 11.5 Å². The second-order valence-corrected chi connectivity index (χ2v) is 6.34. The smallest absolute Gasteiger partial charge is 0.339 e. The van der Waals surface area contributed by atoms with Crippen LogP contribution < -0.4 is 0 Å². The Balaban J connectivity index is 3.01. The molecule has 0 saturated heterocycles. The lowest BCUT2D eigenvalue weighted by Gasteiger charge is -2.23. The number of rotatable bonds is 4. The van der Waals surface area contributed by atoms with Crippen molar-refractivity contribution in [3.05, 3.63) is 23.3 Å². The summed E-state index contributed by atoms with van der Waals surface area (Å²) in [7, 11) is 0. The number of phenolic OH excluding ortho intramolecular Hbond substituents is 1. The summed E-state index contributed by atoms with van der Waals surface area (Å²) < 4.78 is 0. The van der Waals surface area contributed by atoms with Crippen LogP contribution in [0.5, 0.6) is 11.5 Å². The van der Waals surface area contributed by atoms with E-state index in [0.717, 1.165) is 6.42 Å². The lowest BCUT2D eigenvalue weighted by molar-refractivity contribution is 0.0693. The first-order valence-corrected chi connectivity index (χ1v) is 6.39. The van der Waals surface area contributed by atoms with Crippen LogP contribution in [0.2, 0.25) is 0 Å². The van der Waals surface area contributed by atoms with Crippen LogP contribution in [0.1, 0.15) is 50.0 Å². The Morgan fingerprint density at radius 2 is 1.84 bits per heavy atom. The molecule has 4 nitrogen and oxygen atoms in total. The lowest BCUT2D eigenvalue weighted by atomic mass is 9.82. The highest BCUT2D eigenvalue weighted by Crippen LogP contribution is 2.35. The minimum absolute atomic E-state index is 0.0525. The van der Waals surface area contributed by atoms with Crippen LogP contribution in [0.25, 0.3) is 0 Å². The summed E-state index contributed by atoms with van der Waals surface area (Å²) >= 11 is 0. The van der Waals surface area contributed by atoms with Gasteiger partial charge in [-0.15, -0.1) is 0 Å². The zero-order chi connectivity index (χ0) is 14.8. The molecule has 0 fully saturated rings. The Bertz CT molecular complexity index is 472. The monoisotopic (exact) mass is 266 g/mol. The second kappa shape index (κ2) is 5.51. The molecule has 0 amide bonds. The van der Waals surface area contributed by atoms with Gasteiger partial charge < -0.3 is 15.3 Å². The van der Waals surface area contributed by atoms with Gasteiger partial charge in [-0.25, -0.2) is 4.79 Å². The molecule has 0 aliphatic rings. The standard InChI is InChI=1S/C15H22O4/c1-9(8-15(2,3)4)7-11-12(16)6-5-10(13(11)17)14(18)19/h5-6,9,16-17H,7-8H2,1-4H3,(H,18,19). The van der Waals surface area contributed by atoms with Gasteiger partial charge in [0.05, 0.1) is 0 Å². The fraction of sp³-hybridized carbons (Fsp3) is 0.533. The van der Waals surface area contributed by atoms with Crippen LogP contribution in [0, 0.1) is 11.3 Å². The molecule has 0 bridgehead atoms. The molecule has 1 atom stereocenters. The first-order valence-electron chi connectivity index (χ1n) is 6.39. The predicted molar refractivity (Wildman–Crippen MR) is 73.7 cm³/mol. The normalized spacial score (nSPS) is 13.3. The summed E-state index contributed by atoms with van der Waals surface area (Å²) in [5.74, 6) is -1.33. The molecule has 0 radical (unpaired) electrons. The van der Waals surface area contributed by atoms with Crippen molar-refractivity contribution in [3.63, 3.8) is 0 Å². The highest BCUT2D eigenvalue weighted by Gasteiger charge is 2.21. The van der Waals surface area contributed by atoms with Gasteiger partial charge in [-0.1, -0.05) is 27.7 Å². The average Bonchev–Trinajstić information content (AvgIpc) is 2.21. The molecule has 1 aromatic carbocycles. The van der Waals surface area contributed by atoms with E-state index in [9.17, 15) is 15.0 Å². The summed E-state index contributed by atoms with van der Waals surface area (Å²) in [6.45, 7) is 8.39. The number of hydrogen-bond acceptors (Lipinski definition) is 3. The molecule has 0 aliphatic carbocycles. The third kappa shape index (κ3) is 4.16. The fourth-order valence-electron chi connectivity index (χ4n) is 2.47. The van der Waals surface area contributed by atoms with Crippen molar-refractivity contribution in [1.29, 1.82) is 0 Å². The van der Waals surface area contributed by atoms with Crippen LogP contribution >= 0.6 is 0 Å². The Morgan fingerprint density at radius 1 is 1.26 bits per heavy atom. The Morgan fingerprint density at radius 3 is 2.32 bits per heavy atom. The van der Waals surface area contributed by atoms with Gasteiger partial charge in [-0.05, 0) is 36.3 Å². The molecule has 0 aromatic heterocycles. The van der Waals surface area contributed by atoms with Gasteiger partial charge >= 0.3 is 5.97 Å². The van der Waals surface area contributed by atoms with E-state index in [1.54, 1.807) is 0 Å². The summed E-state index contributed by atoms with van der Waals surface area (Å²) in [6, 6.07) is 2.53. The maximum absolute atomic E-state index is 11.0. The van der Waals surface area contributed by atoms with E-state index >= 15 is 0 Å². The number of carboxylic acid groups (broad SMARTS) is 1. The van der Waals surface area contributed by atoms with Gasteiger partial charge in [-0.3, -0.25) is 0 Å². The van der Waals surface area contributed by atoms with Crippen LogP contribution in [-0.2, 0) is 6.42 Å². The largest absolute Gasteiger partial charge is 0.508 e. The molecule has 1 rings (SSSR count). The molecule has 0 aliphatic heterocycles. The van der Waals surface area contributed by atoms with Crippen LogP contribution in [0.15, 0.2) is 12.1 Å². The Hall–Kier alpha value is -1.71.